The van der Waals surface area contributed by atoms with E-state index < -0.39 is 27.8 Å². The average molecular weight is 168 g/mol. The lowest BCUT2D eigenvalue weighted by Gasteiger charge is -2.00. The van der Waals surface area contributed by atoms with E-state index in [0.29, 0.717) is 0 Å². The molecule has 5 nitrogen and oxygen atoms in total. The molecule has 0 aromatic heterocycles. The molecule has 0 saturated carbocycles. The van der Waals surface area contributed by atoms with E-state index in [2.05, 4.69) is 0 Å². The Morgan fingerprint density at radius 1 is 1.60 bits per heavy atom. The normalized spacial score (nSPS) is 14.6. The van der Waals surface area contributed by atoms with Gasteiger partial charge in [0.2, 0.25) is 0 Å². The van der Waals surface area contributed by atoms with Crippen LogP contribution in [0.2, 0.25) is 0 Å². The quantitative estimate of drug-likeness (QED) is 0.559. The van der Waals surface area contributed by atoms with Gasteiger partial charge in [0.25, 0.3) is 10.1 Å². The fraction of sp³-hybridized carbons (Fsp3) is 0.750. The van der Waals surface area contributed by atoms with E-state index in [1.807, 2.05) is 0 Å². The molecule has 2 N–H and O–H groups in total. The van der Waals surface area contributed by atoms with Crippen molar-refractivity contribution >= 4 is 16.1 Å². The van der Waals surface area contributed by atoms with E-state index in [9.17, 15) is 13.2 Å². The van der Waals surface area contributed by atoms with Gasteiger partial charge in [0.15, 0.2) is 0 Å². The summed E-state index contributed by atoms with van der Waals surface area (Å²) in [6.45, 7) is 1.20. The lowest BCUT2D eigenvalue weighted by molar-refractivity contribution is -0.140. The predicted octanol–water partition coefficient (Wildman–Crippen LogP) is -0.405. The Morgan fingerprint density at radius 3 is 2.10 bits per heavy atom. The van der Waals surface area contributed by atoms with E-state index >= 15 is 0 Å². The zero-order valence-corrected chi connectivity index (χ0v) is 6.13. The summed E-state index contributed by atoms with van der Waals surface area (Å²) in [6, 6.07) is 0. The van der Waals surface area contributed by atoms with Crippen molar-refractivity contribution in [2.75, 3.05) is 5.75 Å². The van der Waals surface area contributed by atoms with Crippen molar-refractivity contribution in [2.24, 2.45) is 5.92 Å². The molecule has 1 atom stereocenters. The molecule has 0 rings (SSSR count). The van der Waals surface area contributed by atoms with Crippen molar-refractivity contribution in [2.45, 2.75) is 6.92 Å². The fourth-order valence-corrected chi connectivity index (χ4v) is 1.16. The SMILES string of the molecule is C[C@H](CS(=O)(=O)O)C(=O)O. The Kier molecular flexibility index (Phi) is 2.79. The van der Waals surface area contributed by atoms with E-state index in [-0.39, 0.29) is 0 Å². The van der Waals surface area contributed by atoms with Gasteiger partial charge in [-0.15, -0.1) is 0 Å². The lowest BCUT2D eigenvalue weighted by Crippen LogP contribution is -2.20. The van der Waals surface area contributed by atoms with Crippen LogP contribution in [0.15, 0.2) is 0 Å². The summed E-state index contributed by atoms with van der Waals surface area (Å²) >= 11 is 0. The molecule has 0 radical (unpaired) electrons. The minimum atomic E-state index is -4.15. The molecule has 0 unspecified atom stereocenters. The van der Waals surface area contributed by atoms with Gasteiger partial charge >= 0.3 is 5.97 Å². The summed E-state index contributed by atoms with van der Waals surface area (Å²) in [5, 5.41) is 8.17. The predicted molar refractivity (Wildman–Crippen MR) is 33.2 cm³/mol. The third-order valence-electron chi connectivity index (χ3n) is 0.882. The standard InChI is InChI=1S/C4H8O5S/c1-3(4(5)6)2-10(7,8)9/h3H,2H2,1H3,(H,5,6)(H,7,8,9)/t3-/m1/s1. The van der Waals surface area contributed by atoms with Crippen LogP contribution < -0.4 is 0 Å². The van der Waals surface area contributed by atoms with Gasteiger partial charge in [0.1, 0.15) is 0 Å². The summed E-state index contributed by atoms with van der Waals surface area (Å²) < 4.78 is 28.2. The van der Waals surface area contributed by atoms with Crippen molar-refractivity contribution < 1.29 is 22.9 Å². The van der Waals surface area contributed by atoms with Crippen LogP contribution in [0.3, 0.4) is 0 Å². The summed E-state index contributed by atoms with van der Waals surface area (Å²) in [5.74, 6) is -3.03. The highest BCUT2D eigenvalue weighted by Crippen LogP contribution is 1.98. The second-order valence-corrected chi connectivity index (χ2v) is 3.49. The summed E-state index contributed by atoms with van der Waals surface area (Å²) in [6.07, 6.45) is 0. The van der Waals surface area contributed by atoms with Gasteiger partial charge in [-0.1, -0.05) is 6.92 Å². The molecule has 0 aliphatic rings. The second kappa shape index (κ2) is 2.98. The van der Waals surface area contributed by atoms with Crippen LogP contribution in [-0.2, 0) is 14.9 Å². The molecule has 0 aliphatic carbocycles. The highest BCUT2D eigenvalue weighted by atomic mass is 32.2. The number of carbonyl (C=O) groups is 1. The largest absolute Gasteiger partial charge is 0.481 e. The third kappa shape index (κ3) is 4.28. The minimum absolute atomic E-state index is 0.734. The molecule has 0 spiro atoms. The van der Waals surface area contributed by atoms with Crippen LogP contribution in [-0.4, -0.2) is 29.8 Å². The smallest absolute Gasteiger partial charge is 0.307 e. The van der Waals surface area contributed by atoms with Crippen LogP contribution >= 0.6 is 0 Å². The molecular formula is C4H8O5S. The molecule has 6 heteroatoms. The first kappa shape index (κ1) is 9.38. The Bertz CT molecular complexity index is 216. The molecule has 0 aromatic carbocycles. The van der Waals surface area contributed by atoms with Gasteiger partial charge in [-0.3, -0.25) is 9.35 Å². The van der Waals surface area contributed by atoms with Crippen LogP contribution in [0.1, 0.15) is 6.92 Å². The van der Waals surface area contributed by atoms with Crippen molar-refractivity contribution in [1.82, 2.24) is 0 Å². The zero-order valence-electron chi connectivity index (χ0n) is 5.31. The first-order valence-corrected chi connectivity index (χ1v) is 4.12. The van der Waals surface area contributed by atoms with Gasteiger partial charge in [0, 0.05) is 0 Å². The highest BCUT2D eigenvalue weighted by Gasteiger charge is 2.17. The monoisotopic (exact) mass is 168 g/mol. The van der Waals surface area contributed by atoms with Crippen LogP contribution in [0.4, 0.5) is 0 Å². The molecule has 0 aliphatic heterocycles. The molecule has 0 aromatic rings. The Hall–Kier alpha value is -0.620. The van der Waals surface area contributed by atoms with Crippen LogP contribution in [0.5, 0.6) is 0 Å². The molecule has 0 heterocycles. The van der Waals surface area contributed by atoms with Crippen LogP contribution in [0, 0.1) is 5.92 Å². The molecule has 10 heavy (non-hydrogen) atoms. The maximum absolute atomic E-state index is 10.0. The second-order valence-electron chi connectivity index (χ2n) is 1.99. The molecule has 60 valence electrons. The summed E-state index contributed by atoms with van der Waals surface area (Å²) in [5.41, 5.74) is 0. The number of carboxylic acids is 1. The first-order chi connectivity index (χ1) is 4.33. The Morgan fingerprint density at radius 2 is 2.00 bits per heavy atom. The number of hydrogen-bond donors (Lipinski definition) is 2. The summed E-state index contributed by atoms with van der Waals surface area (Å²) in [7, 11) is -4.15. The Labute approximate surface area is 58.4 Å². The molecule has 0 fully saturated rings. The molecule has 0 bridgehead atoms. The van der Waals surface area contributed by atoms with Crippen LogP contribution in [0.25, 0.3) is 0 Å². The molecule has 0 amide bonds. The highest BCUT2D eigenvalue weighted by molar-refractivity contribution is 7.85. The lowest BCUT2D eigenvalue weighted by atomic mass is 10.2. The van der Waals surface area contributed by atoms with E-state index in [0.717, 1.165) is 0 Å². The van der Waals surface area contributed by atoms with Crippen molar-refractivity contribution in [3.8, 4) is 0 Å². The summed E-state index contributed by atoms with van der Waals surface area (Å²) in [4.78, 5) is 10.0. The average Bonchev–Trinajstić information content (AvgIpc) is 1.60. The van der Waals surface area contributed by atoms with Gasteiger partial charge in [0.05, 0.1) is 11.7 Å². The first-order valence-electron chi connectivity index (χ1n) is 2.51. The number of rotatable bonds is 3. The van der Waals surface area contributed by atoms with Gasteiger partial charge < -0.3 is 5.11 Å². The van der Waals surface area contributed by atoms with Crippen molar-refractivity contribution in [3.63, 3.8) is 0 Å². The number of hydrogen-bond acceptors (Lipinski definition) is 3. The Balaban J connectivity index is 4.06. The third-order valence-corrected chi connectivity index (χ3v) is 1.80. The van der Waals surface area contributed by atoms with Gasteiger partial charge in [-0.05, 0) is 0 Å². The van der Waals surface area contributed by atoms with Gasteiger partial charge in [-0.2, -0.15) is 8.42 Å². The van der Waals surface area contributed by atoms with E-state index in [1.165, 1.54) is 6.92 Å². The van der Waals surface area contributed by atoms with Gasteiger partial charge in [-0.25, -0.2) is 0 Å². The van der Waals surface area contributed by atoms with Crippen molar-refractivity contribution in [3.05, 3.63) is 0 Å². The maximum Gasteiger partial charge on any atom is 0.307 e. The zero-order chi connectivity index (χ0) is 8.36. The molecular weight excluding hydrogens is 160 g/mol. The van der Waals surface area contributed by atoms with E-state index in [1.54, 1.807) is 0 Å². The topological polar surface area (TPSA) is 91.7 Å². The maximum atomic E-state index is 10.0. The van der Waals surface area contributed by atoms with E-state index in [4.69, 9.17) is 9.66 Å². The fourth-order valence-electron chi connectivity index (χ4n) is 0.387. The number of aliphatic carboxylic acids is 1. The minimum Gasteiger partial charge on any atom is -0.481 e. The molecule has 0 saturated heterocycles. The number of carboxylic acid groups (broad SMARTS) is 1. The van der Waals surface area contributed by atoms with Crippen molar-refractivity contribution in [1.29, 1.82) is 0 Å².